The van der Waals surface area contributed by atoms with Crippen LogP contribution in [0.3, 0.4) is 0 Å². The van der Waals surface area contributed by atoms with Crippen LogP contribution in [-0.2, 0) is 19.5 Å². The molecule has 4 N–H and O–H groups in total. The van der Waals surface area contributed by atoms with Crippen molar-refractivity contribution in [2.75, 3.05) is 6.54 Å². The van der Waals surface area contributed by atoms with Crippen LogP contribution in [-0.4, -0.2) is 27.5 Å². The summed E-state index contributed by atoms with van der Waals surface area (Å²) in [7, 11) is 0. The summed E-state index contributed by atoms with van der Waals surface area (Å²) in [5.74, 6) is 1.04. The van der Waals surface area contributed by atoms with Crippen molar-refractivity contribution in [3.8, 4) is 11.5 Å². The average Bonchev–Trinajstić information content (AvgIpc) is 2.82. The molecule has 0 aliphatic heterocycles. The van der Waals surface area contributed by atoms with Crippen LogP contribution in [0.1, 0.15) is 18.3 Å². The Bertz CT molecular complexity index is 713. The largest absolute Gasteiger partial charge is 0.465 e. The quantitative estimate of drug-likeness (QED) is 0.691. The number of hydrogen-bond donors (Lipinski definition) is 3. The number of nitrogens with two attached hydrogens (primary N) is 1. The Kier molecular flexibility index (Phi) is 6.30. The number of benzene rings is 1. The highest BCUT2D eigenvalue weighted by Crippen LogP contribution is 2.32. The summed E-state index contributed by atoms with van der Waals surface area (Å²) in [6.45, 7) is 2.71. The summed E-state index contributed by atoms with van der Waals surface area (Å²) in [6, 6.07) is 4.91. The fraction of sp³-hybridized carbons (Fsp3) is 0.333. The summed E-state index contributed by atoms with van der Waals surface area (Å²) in [5, 5.41) is 16.3. The zero-order valence-corrected chi connectivity index (χ0v) is 14.6. The summed E-state index contributed by atoms with van der Waals surface area (Å²) in [6.07, 6.45) is -0.451. The van der Waals surface area contributed by atoms with E-state index in [0.717, 1.165) is 5.69 Å². The standard InChI is InChI=1S/C15H18Cl2N4O3/c1-2-12-14(24-11-6-9(16)5-10(17)7-11)13(8-18)21(20-12)4-3-19-15(22)23/h5-7,19H,2-4,8,18H2,1H3,(H,22,23). The second-order valence-electron chi connectivity index (χ2n) is 4.94. The highest BCUT2D eigenvalue weighted by atomic mass is 35.5. The molecule has 2 aromatic rings. The summed E-state index contributed by atoms with van der Waals surface area (Å²) in [4.78, 5) is 10.6. The Morgan fingerprint density at radius 3 is 2.58 bits per heavy atom. The summed E-state index contributed by atoms with van der Waals surface area (Å²) < 4.78 is 7.57. The van der Waals surface area contributed by atoms with Gasteiger partial charge in [0.05, 0.1) is 12.2 Å². The minimum atomic E-state index is -1.09. The van der Waals surface area contributed by atoms with Crippen LogP contribution in [0.5, 0.6) is 11.5 Å². The third-order valence-corrected chi connectivity index (χ3v) is 3.70. The molecule has 0 saturated carbocycles. The highest BCUT2D eigenvalue weighted by molar-refractivity contribution is 6.34. The number of nitrogens with one attached hydrogen (secondary N) is 1. The zero-order valence-electron chi connectivity index (χ0n) is 13.1. The molecule has 0 aliphatic rings. The predicted molar refractivity (Wildman–Crippen MR) is 92.1 cm³/mol. The Labute approximate surface area is 149 Å². The molecular weight excluding hydrogens is 355 g/mol. The van der Waals surface area contributed by atoms with Gasteiger partial charge in [-0.1, -0.05) is 30.1 Å². The lowest BCUT2D eigenvalue weighted by Gasteiger charge is -2.10. The lowest BCUT2D eigenvalue weighted by atomic mass is 10.2. The minimum absolute atomic E-state index is 0.198. The first-order valence-electron chi connectivity index (χ1n) is 7.34. The predicted octanol–water partition coefficient (Wildman–Crippen LogP) is 3.27. The van der Waals surface area contributed by atoms with Crippen LogP contribution in [0.25, 0.3) is 0 Å². The first-order chi connectivity index (χ1) is 11.4. The molecule has 0 radical (unpaired) electrons. The number of rotatable bonds is 7. The molecule has 0 fully saturated rings. The van der Waals surface area contributed by atoms with Crippen LogP contribution in [0.4, 0.5) is 4.79 Å². The van der Waals surface area contributed by atoms with E-state index in [4.69, 9.17) is 38.8 Å². The van der Waals surface area contributed by atoms with Crippen molar-refractivity contribution in [1.29, 1.82) is 0 Å². The van der Waals surface area contributed by atoms with Crippen molar-refractivity contribution in [3.05, 3.63) is 39.6 Å². The first kappa shape index (κ1) is 18.4. The average molecular weight is 373 g/mol. The Morgan fingerprint density at radius 1 is 1.38 bits per heavy atom. The van der Waals surface area contributed by atoms with Crippen LogP contribution >= 0.6 is 23.2 Å². The molecule has 0 atom stereocenters. The molecule has 9 heteroatoms. The lowest BCUT2D eigenvalue weighted by Crippen LogP contribution is -2.26. The topological polar surface area (TPSA) is 102 Å². The van der Waals surface area contributed by atoms with Crippen molar-refractivity contribution < 1.29 is 14.6 Å². The first-order valence-corrected chi connectivity index (χ1v) is 8.09. The van der Waals surface area contributed by atoms with E-state index in [2.05, 4.69) is 10.4 Å². The second-order valence-corrected chi connectivity index (χ2v) is 5.82. The fourth-order valence-electron chi connectivity index (χ4n) is 2.24. The number of nitrogens with zero attached hydrogens (tertiary/aromatic N) is 2. The Morgan fingerprint density at radius 2 is 2.04 bits per heavy atom. The van der Waals surface area contributed by atoms with E-state index in [0.29, 0.717) is 40.2 Å². The molecule has 1 aromatic heterocycles. The molecule has 130 valence electrons. The molecule has 0 spiro atoms. The zero-order chi connectivity index (χ0) is 17.7. The van der Waals surface area contributed by atoms with Crippen molar-refractivity contribution in [2.24, 2.45) is 5.73 Å². The lowest BCUT2D eigenvalue weighted by molar-refractivity contribution is 0.194. The van der Waals surface area contributed by atoms with Gasteiger partial charge in [0.15, 0.2) is 5.75 Å². The maximum atomic E-state index is 10.6. The normalized spacial score (nSPS) is 10.7. The third kappa shape index (κ3) is 4.53. The van der Waals surface area contributed by atoms with E-state index in [9.17, 15) is 4.79 Å². The summed E-state index contributed by atoms with van der Waals surface area (Å²) in [5.41, 5.74) is 7.23. The van der Waals surface area contributed by atoms with Crippen LogP contribution < -0.4 is 15.8 Å². The van der Waals surface area contributed by atoms with Gasteiger partial charge in [0.25, 0.3) is 0 Å². The molecule has 1 amide bonds. The maximum absolute atomic E-state index is 10.6. The number of aryl methyl sites for hydroxylation is 1. The number of carbonyl (C=O) groups is 1. The molecule has 0 aliphatic carbocycles. The Balaban J connectivity index is 2.30. The van der Waals surface area contributed by atoms with E-state index < -0.39 is 6.09 Å². The molecule has 1 aromatic carbocycles. The van der Waals surface area contributed by atoms with Gasteiger partial charge in [-0.15, -0.1) is 0 Å². The van der Waals surface area contributed by atoms with Crippen molar-refractivity contribution in [3.63, 3.8) is 0 Å². The Hall–Kier alpha value is -1.96. The van der Waals surface area contributed by atoms with E-state index >= 15 is 0 Å². The molecule has 24 heavy (non-hydrogen) atoms. The monoisotopic (exact) mass is 372 g/mol. The SMILES string of the molecule is CCc1nn(CCNC(=O)O)c(CN)c1Oc1cc(Cl)cc(Cl)c1. The van der Waals surface area contributed by atoms with Crippen molar-refractivity contribution in [1.82, 2.24) is 15.1 Å². The minimum Gasteiger partial charge on any atom is -0.465 e. The van der Waals surface area contributed by atoms with Gasteiger partial charge in [0.2, 0.25) is 0 Å². The molecule has 2 rings (SSSR count). The van der Waals surface area contributed by atoms with Crippen LogP contribution in [0.2, 0.25) is 10.0 Å². The van der Waals surface area contributed by atoms with E-state index in [-0.39, 0.29) is 13.1 Å². The molecule has 0 bridgehead atoms. The number of amides is 1. The number of halogens is 2. The highest BCUT2D eigenvalue weighted by Gasteiger charge is 2.18. The van der Waals surface area contributed by atoms with E-state index in [1.54, 1.807) is 22.9 Å². The van der Waals surface area contributed by atoms with Gasteiger partial charge >= 0.3 is 6.09 Å². The van der Waals surface area contributed by atoms with E-state index in [1.807, 2.05) is 6.92 Å². The number of aromatic nitrogens is 2. The smallest absolute Gasteiger partial charge is 0.404 e. The molecule has 1 heterocycles. The van der Waals surface area contributed by atoms with E-state index in [1.165, 1.54) is 0 Å². The van der Waals surface area contributed by atoms with Gasteiger partial charge in [0.1, 0.15) is 11.4 Å². The van der Waals surface area contributed by atoms with Gasteiger partial charge in [-0.05, 0) is 24.6 Å². The number of carboxylic acid groups (broad SMARTS) is 1. The van der Waals surface area contributed by atoms with Crippen molar-refractivity contribution in [2.45, 2.75) is 26.4 Å². The van der Waals surface area contributed by atoms with Gasteiger partial charge in [0, 0.05) is 23.1 Å². The summed E-state index contributed by atoms with van der Waals surface area (Å²) >= 11 is 12.0. The van der Waals surface area contributed by atoms with Gasteiger partial charge in [-0.2, -0.15) is 5.10 Å². The van der Waals surface area contributed by atoms with Gasteiger partial charge in [-0.3, -0.25) is 4.68 Å². The second kappa shape index (κ2) is 8.23. The number of ether oxygens (including phenoxy) is 1. The molecule has 0 unspecified atom stereocenters. The molecular formula is C15H18Cl2N4O3. The van der Waals surface area contributed by atoms with Gasteiger partial charge in [-0.25, -0.2) is 4.79 Å². The third-order valence-electron chi connectivity index (χ3n) is 3.26. The molecule has 0 saturated heterocycles. The maximum Gasteiger partial charge on any atom is 0.404 e. The molecule has 7 nitrogen and oxygen atoms in total. The fourth-order valence-corrected chi connectivity index (χ4v) is 2.75. The van der Waals surface area contributed by atoms with Crippen LogP contribution in [0.15, 0.2) is 18.2 Å². The van der Waals surface area contributed by atoms with Crippen molar-refractivity contribution >= 4 is 29.3 Å². The number of hydrogen-bond acceptors (Lipinski definition) is 4. The van der Waals surface area contributed by atoms with Crippen LogP contribution in [0, 0.1) is 0 Å². The van der Waals surface area contributed by atoms with Gasteiger partial charge < -0.3 is 20.9 Å².